The number of hydrogen-bond donors (Lipinski definition) is 3. The topological polar surface area (TPSA) is 65.9 Å². The molecule has 1 aliphatic heterocycles. The van der Waals surface area contributed by atoms with Gasteiger partial charge in [-0.15, -0.1) is 0 Å². The second-order valence-electron chi connectivity index (χ2n) is 5.75. The van der Waals surface area contributed by atoms with Gasteiger partial charge in [0.1, 0.15) is 6.23 Å². The molecule has 0 amide bonds. The number of rotatable bonds is 5. The van der Waals surface area contributed by atoms with Crippen LogP contribution in [0.4, 0.5) is 18.9 Å². The predicted molar refractivity (Wildman–Crippen MR) is 79.1 cm³/mol. The second-order valence-corrected chi connectivity index (χ2v) is 5.75. The van der Waals surface area contributed by atoms with Crippen molar-refractivity contribution in [2.45, 2.75) is 18.8 Å². The van der Waals surface area contributed by atoms with Gasteiger partial charge in [0.2, 0.25) is 0 Å². The molecule has 2 aliphatic rings. The van der Waals surface area contributed by atoms with E-state index in [4.69, 9.17) is 4.74 Å². The molecule has 0 aromatic heterocycles. The highest BCUT2D eigenvalue weighted by Gasteiger charge is 2.49. The Kier molecular flexibility index (Phi) is 4.20. The Balaban J connectivity index is 1.88. The first-order valence-electron chi connectivity index (χ1n) is 7.37. The average molecular weight is 329 g/mol. The maximum Gasteiger partial charge on any atom is 0.418 e. The van der Waals surface area contributed by atoms with Crippen LogP contribution in [0.3, 0.4) is 0 Å². The van der Waals surface area contributed by atoms with Gasteiger partial charge in [-0.25, -0.2) is 0 Å². The fraction of sp³-hybridized carbons (Fsp3) is 0.533. The fourth-order valence-electron chi connectivity index (χ4n) is 2.85. The summed E-state index contributed by atoms with van der Waals surface area (Å²) in [5.41, 5.74) is 2.88. The van der Waals surface area contributed by atoms with E-state index in [0.717, 1.165) is 12.5 Å². The standard InChI is InChI=1S/C15H18F3N3O2/c1-23-5-4-19-12-3-2-8(6-11(12)15(16,17)18)13-9-7-10(9)14(22)21-20-13/h2-3,6,9-10,14,19,21-22H,4-5,7H2,1H3/t9-,10+,14?/m1/s1. The van der Waals surface area contributed by atoms with Crippen molar-refractivity contribution in [2.75, 3.05) is 25.6 Å². The number of benzene rings is 1. The Hall–Kier alpha value is -1.80. The molecule has 1 unspecified atom stereocenters. The van der Waals surface area contributed by atoms with Crippen LogP contribution in [0, 0.1) is 11.8 Å². The summed E-state index contributed by atoms with van der Waals surface area (Å²) in [5, 5.41) is 16.4. The van der Waals surface area contributed by atoms with Crippen molar-refractivity contribution in [1.82, 2.24) is 5.43 Å². The number of ether oxygens (including phenoxy) is 1. The zero-order valence-electron chi connectivity index (χ0n) is 12.5. The van der Waals surface area contributed by atoms with Crippen LogP contribution < -0.4 is 10.7 Å². The molecular weight excluding hydrogens is 311 g/mol. The third kappa shape index (κ3) is 3.28. The largest absolute Gasteiger partial charge is 0.418 e. The fourth-order valence-corrected chi connectivity index (χ4v) is 2.85. The van der Waals surface area contributed by atoms with Gasteiger partial charge in [0, 0.05) is 31.2 Å². The summed E-state index contributed by atoms with van der Waals surface area (Å²) >= 11 is 0. The minimum Gasteiger partial charge on any atom is -0.383 e. The lowest BCUT2D eigenvalue weighted by molar-refractivity contribution is -0.137. The van der Waals surface area contributed by atoms with Gasteiger partial charge in [0.15, 0.2) is 0 Å². The minimum absolute atomic E-state index is 0.0232. The van der Waals surface area contributed by atoms with Crippen LogP contribution in [-0.4, -0.2) is 37.3 Å². The number of halogens is 3. The van der Waals surface area contributed by atoms with Crippen molar-refractivity contribution in [2.24, 2.45) is 16.9 Å². The molecule has 23 heavy (non-hydrogen) atoms. The van der Waals surface area contributed by atoms with E-state index in [2.05, 4.69) is 15.8 Å². The van der Waals surface area contributed by atoms with Crippen molar-refractivity contribution in [3.8, 4) is 0 Å². The normalized spacial score (nSPS) is 26.1. The Morgan fingerprint density at radius 1 is 1.43 bits per heavy atom. The van der Waals surface area contributed by atoms with Crippen LogP contribution in [0.5, 0.6) is 0 Å². The highest BCUT2D eigenvalue weighted by atomic mass is 19.4. The number of hydrazone groups is 1. The van der Waals surface area contributed by atoms with Crippen molar-refractivity contribution in [3.63, 3.8) is 0 Å². The Morgan fingerprint density at radius 2 is 2.22 bits per heavy atom. The van der Waals surface area contributed by atoms with Crippen LogP contribution in [0.2, 0.25) is 0 Å². The number of aliphatic hydroxyl groups is 1. The summed E-state index contributed by atoms with van der Waals surface area (Å²) in [7, 11) is 1.49. The summed E-state index contributed by atoms with van der Waals surface area (Å²) in [5.74, 6) is 0.0657. The molecule has 1 aromatic carbocycles. The molecule has 1 fully saturated rings. The number of nitrogens with zero attached hydrogens (tertiary/aromatic N) is 1. The third-order valence-corrected chi connectivity index (χ3v) is 4.16. The van der Waals surface area contributed by atoms with Gasteiger partial charge in [-0.3, -0.25) is 5.43 Å². The van der Waals surface area contributed by atoms with E-state index in [1.54, 1.807) is 6.07 Å². The van der Waals surface area contributed by atoms with E-state index in [1.807, 2.05) is 0 Å². The molecular formula is C15H18F3N3O2. The molecule has 126 valence electrons. The van der Waals surface area contributed by atoms with Gasteiger partial charge in [-0.05, 0) is 24.1 Å². The molecule has 1 aromatic rings. The summed E-state index contributed by atoms with van der Waals surface area (Å²) in [6.07, 6.45) is -4.43. The molecule has 0 spiro atoms. The van der Waals surface area contributed by atoms with Gasteiger partial charge in [0.05, 0.1) is 17.9 Å². The molecule has 3 N–H and O–H groups in total. The van der Waals surface area contributed by atoms with Gasteiger partial charge >= 0.3 is 6.18 Å². The van der Waals surface area contributed by atoms with E-state index in [1.165, 1.54) is 13.2 Å². The molecule has 1 heterocycles. The van der Waals surface area contributed by atoms with Crippen LogP contribution in [0.15, 0.2) is 23.3 Å². The molecule has 1 saturated carbocycles. The monoisotopic (exact) mass is 329 g/mol. The van der Waals surface area contributed by atoms with E-state index in [0.29, 0.717) is 24.4 Å². The summed E-state index contributed by atoms with van der Waals surface area (Å²) in [6.45, 7) is 0.607. The van der Waals surface area contributed by atoms with Crippen LogP contribution >= 0.6 is 0 Å². The molecule has 0 radical (unpaired) electrons. The number of alkyl halides is 3. The van der Waals surface area contributed by atoms with Gasteiger partial charge in [-0.1, -0.05) is 6.07 Å². The maximum absolute atomic E-state index is 13.3. The van der Waals surface area contributed by atoms with Crippen LogP contribution in [-0.2, 0) is 10.9 Å². The molecule has 8 heteroatoms. The Morgan fingerprint density at radius 3 is 2.91 bits per heavy atom. The minimum atomic E-state index is -4.46. The molecule has 5 nitrogen and oxygen atoms in total. The van der Waals surface area contributed by atoms with Crippen molar-refractivity contribution in [1.29, 1.82) is 0 Å². The van der Waals surface area contributed by atoms with E-state index in [9.17, 15) is 18.3 Å². The van der Waals surface area contributed by atoms with E-state index in [-0.39, 0.29) is 17.5 Å². The highest BCUT2D eigenvalue weighted by Crippen LogP contribution is 2.46. The number of anilines is 1. The highest BCUT2D eigenvalue weighted by molar-refractivity contribution is 6.04. The lowest BCUT2D eigenvalue weighted by atomic mass is 10.00. The quantitative estimate of drug-likeness (QED) is 0.723. The summed E-state index contributed by atoms with van der Waals surface area (Å²) in [4.78, 5) is 0. The third-order valence-electron chi connectivity index (χ3n) is 4.16. The first-order valence-corrected chi connectivity index (χ1v) is 7.37. The molecule has 3 rings (SSSR count). The van der Waals surface area contributed by atoms with Crippen LogP contribution in [0.25, 0.3) is 0 Å². The maximum atomic E-state index is 13.3. The molecule has 0 saturated heterocycles. The number of nitrogens with one attached hydrogen (secondary N) is 2. The SMILES string of the molecule is COCCNc1ccc(C2=NNC(O)[C@H]3C[C@@H]23)cc1C(F)(F)F. The first-order chi connectivity index (χ1) is 10.9. The van der Waals surface area contributed by atoms with Gasteiger partial charge in [0.25, 0.3) is 0 Å². The van der Waals surface area contributed by atoms with Crippen molar-refractivity contribution < 1.29 is 23.0 Å². The molecule has 1 aliphatic carbocycles. The summed E-state index contributed by atoms with van der Waals surface area (Å²) < 4.78 is 44.8. The van der Waals surface area contributed by atoms with Crippen molar-refractivity contribution in [3.05, 3.63) is 29.3 Å². The first kappa shape index (κ1) is 16.1. The Labute approximate surface area is 131 Å². The van der Waals surface area contributed by atoms with Crippen molar-refractivity contribution >= 4 is 11.4 Å². The lowest BCUT2D eigenvalue weighted by Gasteiger charge is -2.20. The number of aliphatic hydroxyl groups excluding tert-OH is 1. The van der Waals surface area contributed by atoms with E-state index < -0.39 is 18.0 Å². The molecule has 3 atom stereocenters. The Bertz CT molecular complexity index is 618. The molecule has 0 bridgehead atoms. The second kappa shape index (κ2) is 6.01. The number of methoxy groups -OCH3 is 1. The number of fused-ring (bicyclic) bond motifs is 1. The number of hydrogen-bond acceptors (Lipinski definition) is 5. The zero-order chi connectivity index (χ0) is 16.6. The van der Waals surface area contributed by atoms with Gasteiger partial charge in [-0.2, -0.15) is 18.3 Å². The lowest BCUT2D eigenvalue weighted by Crippen LogP contribution is -2.33. The van der Waals surface area contributed by atoms with E-state index >= 15 is 0 Å². The summed E-state index contributed by atoms with van der Waals surface area (Å²) in [6, 6.07) is 4.15. The predicted octanol–water partition coefficient (Wildman–Crippen LogP) is 2.03. The average Bonchev–Trinajstić information content (AvgIpc) is 3.29. The van der Waals surface area contributed by atoms with Crippen LogP contribution in [0.1, 0.15) is 17.5 Å². The smallest absolute Gasteiger partial charge is 0.383 e. The zero-order valence-corrected chi connectivity index (χ0v) is 12.5. The van der Waals surface area contributed by atoms with Gasteiger partial charge < -0.3 is 15.2 Å².